The number of hydrogen-bond acceptors (Lipinski definition) is 6. The Morgan fingerprint density at radius 3 is 2.74 bits per heavy atom. The van der Waals surface area contributed by atoms with Gasteiger partial charge in [-0.1, -0.05) is 0 Å². The lowest BCUT2D eigenvalue weighted by Crippen LogP contribution is -2.33. The van der Waals surface area contributed by atoms with Crippen LogP contribution in [0.1, 0.15) is 12.8 Å². The van der Waals surface area contributed by atoms with E-state index < -0.39 is 28.1 Å². The number of ether oxygens (including phenoxy) is 2. The number of nitrogens with zero attached hydrogens (tertiary/aromatic N) is 2. The molecule has 0 amide bonds. The summed E-state index contributed by atoms with van der Waals surface area (Å²) >= 11 is 0. The zero-order valence-corrected chi connectivity index (χ0v) is 10.0. The molecule has 0 atom stereocenters. The summed E-state index contributed by atoms with van der Waals surface area (Å²) in [6.07, 6.45) is 1.71. The Balaban J connectivity index is 2.11. The number of rotatable bonds is 4. The number of aryl methyl sites for hydroxylation is 1. The molecule has 1 aromatic heterocycles. The monoisotopic (exact) mass is 271 g/mol. The fraction of sp³-hybridized carbons (Fsp3) is 0.600. The fourth-order valence-electron chi connectivity index (χ4n) is 1.74. The molecule has 2 heterocycles. The van der Waals surface area contributed by atoms with Crippen LogP contribution in [0.5, 0.6) is 0 Å². The molecule has 0 spiro atoms. The Morgan fingerprint density at radius 2 is 2.11 bits per heavy atom. The molecule has 104 valence electrons. The summed E-state index contributed by atoms with van der Waals surface area (Å²) in [6, 6.07) is 0. The third kappa shape index (κ3) is 3.26. The summed E-state index contributed by atoms with van der Waals surface area (Å²) in [7, 11) is 0. The summed E-state index contributed by atoms with van der Waals surface area (Å²) in [4.78, 5) is 34.4. The van der Waals surface area contributed by atoms with Crippen molar-refractivity contribution in [3.63, 3.8) is 0 Å². The third-order valence-corrected chi connectivity index (χ3v) is 2.69. The molecule has 0 radical (unpaired) electrons. The first-order chi connectivity index (χ1) is 9.08. The minimum atomic E-state index is -1.00. The van der Waals surface area contributed by atoms with Gasteiger partial charge in [0.15, 0.2) is 6.29 Å². The molecule has 2 rings (SSSR count). The largest absolute Gasteiger partial charge is 0.353 e. The van der Waals surface area contributed by atoms with Crippen molar-refractivity contribution in [3.05, 3.63) is 37.1 Å². The standard InChI is InChI=1S/C10H13N3O6/c14-9-7(13(16)17)6-12(10(15)11-9)3-2-8-18-4-1-5-19-8/h6,8H,1-5H2,(H,11,14,15). The van der Waals surface area contributed by atoms with E-state index in [9.17, 15) is 19.7 Å². The van der Waals surface area contributed by atoms with E-state index in [-0.39, 0.29) is 6.54 Å². The number of hydrogen-bond donors (Lipinski definition) is 1. The van der Waals surface area contributed by atoms with E-state index in [1.165, 1.54) is 0 Å². The molecular formula is C10H13N3O6. The second-order valence-electron chi connectivity index (χ2n) is 4.04. The Labute approximate surface area is 106 Å². The van der Waals surface area contributed by atoms with E-state index in [0.717, 1.165) is 17.2 Å². The highest BCUT2D eigenvalue weighted by Gasteiger charge is 2.17. The Morgan fingerprint density at radius 1 is 1.42 bits per heavy atom. The number of nitro groups is 1. The molecule has 0 aromatic carbocycles. The van der Waals surface area contributed by atoms with Crippen LogP contribution in [0.15, 0.2) is 15.8 Å². The van der Waals surface area contributed by atoms with Crippen LogP contribution in [0.2, 0.25) is 0 Å². The molecule has 0 aliphatic carbocycles. The Kier molecular flexibility index (Phi) is 4.07. The average Bonchev–Trinajstić information content (AvgIpc) is 2.38. The number of nitrogens with one attached hydrogen (secondary N) is 1. The Bertz CT molecular complexity index is 571. The molecule has 1 fully saturated rings. The molecule has 1 aromatic rings. The van der Waals surface area contributed by atoms with Gasteiger partial charge < -0.3 is 9.47 Å². The van der Waals surface area contributed by atoms with Gasteiger partial charge >= 0.3 is 16.9 Å². The molecule has 0 bridgehead atoms. The van der Waals surface area contributed by atoms with Crippen LogP contribution < -0.4 is 11.2 Å². The maximum atomic E-state index is 11.5. The van der Waals surface area contributed by atoms with E-state index in [0.29, 0.717) is 19.6 Å². The minimum Gasteiger partial charge on any atom is -0.353 e. The predicted molar refractivity (Wildman–Crippen MR) is 62.9 cm³/mol. The highest BCUT2D eigenvalue weighted by Crippen LogP contribution is 2.09. The van der Waals surface area contributed by atoms with Crippen molar-refractivity contribution < 1.29 is 14.4 Å². The molecule has 0 unspecified atom stereocenters. The molecule has 19 heavy (non-hydrogen) atoms. The third-order valence-electron chi connectivity index (χ3n) is 2.69. The van der Waals surface area contributed by atoms with Gasteiger partial charge in [0.05, 0.1) is 24.3 Å². The Hall–Kier alpha value is -2.00. The summed E-state index contributed by atoms with van der Waals surface area (Å²) in [6.45, 7) is 1.35. The molecule has 1 saturated heterocycles. The van der Waals surface area contributed by atoms with Gasteiger partial charge in [-0.15, -0.1) is 0 Å². The van der Waals surface area contributed by atoms with Crippen molar-refractivity contribution in [2.45, 2.75) is 25.7 Å². The first-order valence-electron chi connectivity index (χ1n) is 5.79. The van der Waals surface area contributed by atoms with Gasteiger partial charge in [-0.25, -0.2) is 4.79 Å². The second-order valence-corrected chi connectivity index (χ2v) is 4.04. The average molecular weight is 271 g/mol. The van der Waals surface area contributed by atoms with Crippen LogP contribution in [-0.4, -0.2) is 34.0 Å². The maximum absolute atomic E-state index is 11.5. The molecule has 9 nitrogen and oxygen atoms in total. The van der Waals surface area contributed by atoms with E-state index in [2.05, 4.69) is 0 Å². The molecule has 1 N–H and O–H groups in total. The lowest BCUT2D eigenvalue weighted by Gasteiger charge is -2.23. The van der Waals surface area contributed by atoms with E-state index in [1.807, 2.05) is 4.98 Å². The van der Waals surface area contributed by atoms with Crippen LogP contribution in [0.25, 0.3) is 0 Å². The van der Waals surface area contributed by atoms with Crippen molar-refractivity contribution in [3.8, 4) is 0 Å². The zero-order chi connectivity index (χ0) is 13.8. The summed E-state index contributed by atoms with van der Waals surface area (Å²) in [5.41, 5.74) is -2.35. The van der Waals surface area contributed by atoms with Crippen molar-refractivity contribution in [1.29, 1.82) is 0 Å². The number of aromatic nitrogens is 2. The van der Waals surface area contributed by atoms with Gasteiger partial charge in [0, 0.05) is 13.0 Å². The molecule has 9 heteroatoms. The van der Waals surface area contributed by atoms with Crippen LogP contribution in [0.3, 0.4) is 0 Å². The van der Waals surface area contributed by atoms with E-state index >= 15 is 0 Å². The normalized spacial score (nSPS) is 16.4. The van der Waals surface area contributed by atoms with Crippen molar-refractivity contribution in [2.24, 2.45) is 0 Å². The topological polar surface area (TPSA) is 116 Å². The van der Waals surface area contributed by atoms with Crippen LogP contribution in [-0.2, 0) is 16.0 Å². The van der Waals surface area contributed by atoms with Crippen LogP contribution in [0.4, 0.5) is 5.69 Å². The summed E-state index contributed by atoms with van der Waals surface area (Å²) in [5.74, 6) is 0. The van der Waals surface area contributed by atoms with E-state index in [4.69, 9.17) is 9.47 Å². The quantitative estimate of drug-likeness (QED) is 0.588. The van der Waals surface area contributed by atoms with Crippen molar-refractivity contribution in [1.82, 2.24) is 9.55 Å². The van der Waals surface area contributed by atoms with Crippen molar-refractivity contribution >= 4 is 5.69 Å². The van der Waals surface area contributed by atoms with Crippen LogP contribution >= 0.6 is 0 Å². The lowest BCUT2D eigenvalue weighted by molar-refractivity contribution is -0.386. The van der Waals surface area contributed by atoms with Gasteiger partial charge in [-0.3, -0.25) is 24.5 Å². The smallest absolute Gasteiger partial charge is 0.350 e. The highest BCUT2D eigenvalue weighted by molar-refractivity contribution is 5.20. The molecule has 0 saturated carbocycles. The fourth-order valence-corrected chi connectivity index (χ4v) is 1.74. The predicted octanol–water partition coefficient (Wildman–Crippen LogP) is -0.402. The molecule has 1 aliphatic heterocycles. The van der Waals surface area contributed by atoms with Gasteiger partial charge in [0.2, 0.25) is 0 Å². The van der Waals surface area contributed by atoms with E-state index in [1.54, 1.807) is 0 Å². The second kappa shape index (κ2) is 5.76. The van der Waals surface area contributed by atoms with Gasteiger partial charge in [0.1, 0.15) is 0 Å². The van der Waals surface area contributed by atoms with Gasteiger partial charge in [0.25, 0.3) is 0 Å². The number of H-pyrrole nitrogens is 1. The summed E-state index contributed by atoms with van der Waals surface area (Å²) in [5, 5.41) is 10.6. The lowest BCUT2D eigenvalue weighted by atomic mass is 10.3. The zero-order valence-electron chi connectivity index (χ0n) is 10.0. The minimum absolute atomic E-state index is 0.168. The highest BCUT2D eigenvalue weighted by atomic mass is 16.7. The molecule has 1 aliphatic rings. The van der Waals surface area contributed by atoms with Gasteiger partial charge in [-0.2, -0.15) is 0 Å². The number of aromatic amines is 1. The van der Waals surface area contributed by atoms with Gasteiger partial charge in [-0.05, 0) is 6.42 Å². The van der Waals surface area contributed by atoms with Crippen LogP contribution in [0, 0.1) is 10.1 Å². The van der Waals surface area contributed by atoms with Crippen molar-refractivity contribution in [2.75, 3.05) is 13.2 Å². The summed E-state index contributed by atoms with van der Waals surface area (Å²) < 4.78 is 11.7. The SMILES string of the molecule is O=c1[nH]c(=O)n(CCC2OCCCO2)cc1[N+](=O)[O-]. The maximum Gasteiger partial charge on any atom is 0.350 e. The molecular weight excluding hydrogens is 258 g/mol. The first-order valence-corrected chi connectivity index (χ1v) is 5.79. The first kappa shape index (κ1) is 13.4.